The standard InChI is InChI=1S/C18H15ClN2O.2ClH/c1-11-8-18(16-10-14(19)6-7-17(16)20-11)21-15-5-3-4-13(9-15)12(2)22;;/h3-10H,1-2H3,(H,20,21);2*1H. The molecule has 1 aromatic heterocycles. The highest BCUT2D eigenvalue weighted by Gasteiger charge is 2.07. The molecule has 0 unspecified atom stereocenters. The summed E-state index contributed by atoms with van der Waals surface area (Å²) in [5, 5.41) is 4.98. The van der Waals surface area contributed by atoms with Crippen LogP contribution in [0.1, 0.15) is 23.0 Å². The van der Waals surface area contributed by atoms with Gasteiger partial charge in [-0.3, -0.25) is 9.78 Å². The Bertz CT molecular complexity index is 881. The lowest BCUT2D eigenvalue weighted by Gasteiger charge is -2.12. The average molecular weight is 384 g/mol. The highest BCUT2D eigenvalue weighted by Crippen LogP contribution is 2.29. The molecule has 24 heavy (non-hydrogen) atoms. The Morgan fingerprint density at radius 3 is 2.54 bits per heavy atom. The van der Waals surface area contributed by atoms with Gasteiger partial charge in [-0.15, -0.1) is 24.8 Å². The van der Waals surface area contributed by atoms with E-state index >= 15 is 0 Å². The quantitative estimate of drug-likeness (QED) is 0.565. The van der Waals surface area contributed by atoms with E-state index in [1.807, 2.05) is 49.4 Å². The molecule has 0 bridgehead atoms. The summed E-state index contributed by atoms with van der Waals surface area (Å²) in [5.41, 5.74) is 4.26. The van der Waals surface area contributed by atoms with Crippen molar-refractivity contribution in [2.45, 2.75) is 13.8 Å². The van der Waals surface area contributed by atoms with Gasteiger partial charge in [-0.2, -0.15) is 0 Å². The van der Waals surface area contributed by atoms with Gasteiger partial charge < -0.3 is 5.32 Å². The van der Waals surface area contributed by atoms with Crippen LogP contribution in [-0.2, 0) is 0 Å². The number of hydrogen-bond donors (Lipinski definition) is 1. The Labute approximate surface area is 158 Å². The van der Waals surface area contributed by atoms with Crippen LogP contribution in [0.25, 0.3) is 10.9 Å². The molecule has 0 spiro atoms. The lowest BCUT2D eigenvalue weighted by Crippen LogP contribution is -1.97. The van der Waals surface area contributed by atoms with Gasteiger partial charge in [0.25, 0.3) is 0 Å². The molecule has 0 atom stereocenters. The van der Waals surface area contributed by atoms with Crippen LogP contribution in [0.3, 0.4) is 0 Å². The number of halogens is 3. The maximum atomic E-state index is 11.5. The molecule has 0 aliphatic carbocycles. The van der Waals surface area contributed by atoms with Crippen LogP contribution >= 0.6 is 36.4 Å². The number of nitrogens with zero attached hydrogens (tertiary/aromatic N) is 1. The molecule has 6 heteroatoms. The maximum absolute atomic E-state index is 11.5. The van der Waals surface area contributed by atoms with Crippen LogP contribution in [0.2, 0.25) is 5.02 Å². The zero-order valence-corrected chi connectivity index (χ0v) is 15.6. The van der Waals surface area contributed by atoms with Crippen LogP contribution in [-0.4, -0.2) is 10.8 Å². The second-order valence-corrected chi connectivity index (χ2v) is 5.67. The van der Waals surface area contributed by atoms with Crippen molar-refractivity contribution in [1.29, 1.82) is 0 Å². The van der Waals surface area contributed by atoms with E-state index in [4.69, 9.17) is 11.6 Å². The van der Waals surface area contributed by atoms with Crippen LogP contribution in [0.5, 0.6) is 0 Å². The zero-order chi connectivity index (χ0) is 15.7. The monoisotopic (exact) mass is 382 g/mol. The summed E-state index contributed by atoms with van der Waals surface area (Å²) in [6.07, 6.45) is 0. The Hall–Kier alpha value is -1.81. The Morgan fingerprint density at radius 2 is 1.83 bits per heavy atom. The first-order valence-corrected chi connectivity index (χ1v) is 7.36. The largest absolute Gasteiger partial charge is 0.355 e. The molecule has 0 amide bonds. The summed E-state index contributed by atoms with van der Waals surface area (Å²) in [7, 11) is 0. The Morgan fingerprint density at radius 1 is 1.08 bits per heavy atom. The topological polar surface area (TPSA) is 42.0 Å². The van der Waals surface area contributed by atoms with Gasteiger partial charge in [-0.05, 0) is 50.2 Å². The molecule has 0 saturated carbocycles. The van der Waals surface area contributed by atoms with E-state index in [9.17, 15) is 4.79 Å². The summed E-state index contributed by atoms with van der Waals surface area (Å²) in [6.45, 7) is 3.51. The van der Waals surface area contributed by atoms with Gasteiger partial charge in [0.15, 0.2) is 5.78 Å². The SMILES string of the molecule is CC(=O)c1cccc(Nc2cc(C)nc3ccc(Cl)cc23)c1.Cl.Cl. The molecule has 0 aliphatic rings. The van der Waals surface area contributed by atoms with E-state index in [0.717, 1.165) is 28.0 Å². The Kier molecular flexibility index (Phi) is 7.03. The first-order chi connectivity index (χ1) is 10.5. The van der Waals surface area contributed by atoms with Crippen molar-refractivity contribution in [3.8, 4) is 0 Å². The van der Waals surface area contributed by atoms with Crippen LogP contribution in [0.15, 0.2) is 48.5 Å². The van der Waals surface area contributed by atoms with Gasteiger partial charge in [0.1, 0.15) is 0 Å². The average Bonchev–Trinajstić information content (AvgIpc) is 2.48. The number of fused-ring (bicyclic) bond motifs is 1. The molecular formula is C18H17Cl3N2O. The number of carbonyl (C=O) groups excluding carboxylic acids is 1. The Balaban J connectivity index is 0.00000144. The zero-order valence-electron chi connectivity index (χ0n) is 13.2. The maximum Gasteiger partial charge on any atom is 0.159 e. The fourth-order valence-electron chi connectivity index (χ4n) is 2.41. The van der Waals surface area contributed by atoms with Gasteiger partial charge in [0.2, 0.25) is 0 Å². The summed E-state index contributed by atoms with van der Waals surface area (Å²) in [5.74, 6) is 0.0439. The molecule has 3 nitrogen and oxygen atoms in total. The van der Waals surface area contributed by atoms with E-state index in [1.165, 1.54) is 0 Å². The fraction of sp³-hybridized carbons (Fsp3) is 0.111. The first-order valence-electron chi connectivity index (χ1n) is 6.98. The number of carbonyl (C=O) groups is 1. The van der Waals surface area contributed by atoms with Crippen molar-refractivity contribution >= 4 is 64.5 Å². The molecule has 0 fully saturated rings. The minimum Gasteiger partial charge on any atom is -0.355 e. The molecule has 1 N–H and O–H groups in total. The highest BCUT2D eigenvalue weighted by molar-refractivity contribution is 6.31. The fourth-order valence-corrected chi connectivity index (χ4v) is 2.58. The predicted octanol–water partition coefficient (Wildman–Crippen LogP) is 5.99. The van der Waals surface area contributed by atoms with Crippen molar-refractivity contribution in [2.75, 3.05) is 5.32 Å². The van der Waals surface area contributed by atoms with Gasteiger partial charge >= 0.3 is 0 Å². The number of aryl methyl sites for hydroxylation is 1. The summed E-state index contributed by atoms with van der Waals surface area (Å²) >= 11 is 6.10. The van der Waals surface area contributed by atoms with E-state index in [2.05, 4.69) is 10.3 Å². The van der Waals surface area contributed by atoms with Gasteiger partial charge in [-0.25, -0.2) is 0 Å². The second-order valence-electron chi connectivity index (χ2n) is 5.23. The number of pyridine rings is 1. The lowest BCUT2D eigenvalue weighted by molar-refractivity contribution is 0.101. The van der Waals surface area contributed by atoms with Crippen LogP contribution in [0, 0.1) is 6.92 Å². The smallest absolute Gasteiger partial charge is 0.159 e. The summed E-state index contributed by atoms with van der Waals surface area (Å²) in [6, 6.07) is 15.0. The van der Waals surface area contributed by atoms with Gasteiger partial charge in [0.05, 0.1) is 5.52 Å². The highest BCUT2D eigenvalue weighted by atomic mass is 35.5. The molecule has 2 aromatic carbocycles. The minimum absolute atomic E-state index is 0. The molecule has 126 valence electrons. The lowest BCUT2D eigenvalue weighted by atomic mass is 10.1. The minimum atomic E-state index is 0. The second kappa shape index (κ2) is 8.34. The van der Waals surface area contributed by atoms with E-state index in [-0.39, 0.29) is 30.6 Å². The number of rotatable bonds is 3. The first kappa shape index (κ1) is 20.2. The van der Waals surface area contributed by atoms with E-state index < -0.39 is 0 Å². The molecule has 0 radical (unpaired) electrons. The molecular weight excluding hydrogens is 367 g/mol. The van der Waals surface area contributed by atoms with Crippen LogP contribution in [0.4, 0.5) is 11.4 Å². The van der Waals surface area contributed by atoms with Crippen molar-refractivity contribution in [3.05, 3.63) is 64.8 Å². The normalized spacial score (nSPS) is 9.79. The van der Waals surface area contributed by atoms with Gasteiger partial charge in [-0.1, -0.05) is 23.7 Å². The van der Waals surface area contributed by atoms with Crippen molar-refractivity contribution < 1.29 is 4.79 Å². The third kappa shape index (κ3) is 4.38. The summed E-state index contributed by atoms with van der Waals surface area (Å²) < 4.78 is 0. The molecule has 0 saturated heterocycles. The number of ketones is 1. The molecule has 3 rings (SSSR count). The molecule has 0 aliphatic heterocycles. The van der Waals surface area contributed by atoms with Gasteiger partial charge in [0, 0.05) is 33.0 Å². The molecule has 3 aromatic rings. The third-order valence-electron chi connectivity index (χ3n) is 3.45. The number of Topliss-reactive ketones (excluding diaryl/α,β-unsaturated/α-hetero) is 1. The van der Waals surface area contributed by atoms with Crippen LogP contribution < -0.4 is 5.32 Å². The number of nitrogens with one attached hydrogen (secondary N) is 1. The predicted molar refractivity (Wildman–Crippen MR) is 106 cm³/mol. The van der Waals surface area contributed by atoms with Crippen molar-refractivity contribution in [1.82, 2.24) is 4.98 Å². The van der Waals surface area contributed by atoms with E-state index in [1.54, 1.807) is 13.0 Å². The number of hydrogen-bond acceptors (Lipinski definition) is 3. The molecule has 1 heterocycles. The van der Waals surface area contributed by atoms with Crippen molar-refractivity contribution in [3.63, 3.8) is 0 Å². The number of benzene rings is 2. The third-order valence-corrected chi connectivity index (χ3v) is 3.68. The number of aromatic nitrogens is 1. The summed E-state index contributed by atoms with van der Waals surface area (Å²) in [4.78, 5) is 16.0. The number of anilines is 2. The van der Waals surface area contributed by atoms with E-state index in [0.29, 0.717) is 10.6 Å². The van der Waals surface area contributed by atoms with Crippen molar-refractivity contribution in [2.24, 2.45) is 0 Å².